The van der Waals surface area contributed by atoms with Crippen LogP contribution in [-0.4, -0.2) is 62.0 Å². The van der Waals surface area contributed by atoms with Gasteiger partial charge in [-0.25, -0.2) is 0 Å². The lowest BCUT2D eigenvalue weighted by atomic mass is 10.0. The number of aryl methyl sites for hydroxylation is 1. The van der Waals surface area contributed by atoms with Gasteiger partial charge in [0.25, 0.3) is 0 Å². The Kier molecular flexibility index (Phi) is 4.03. The Morgan fingerprint density at radius 2 is 1.85 bits per heavy atom. The van der Waals surface area contributed by atoms with E-state index in [2.05, 4.69) is 35.0 Å². The standard InChI is InChI=1S/C16H23N3O/c1-17-9-11-18(12-10-17)13-16(20)19-8-4-6-14-5-2-3-7-15(14)19/h2-3,5,7H,4,6,8-13H2,1H3. The zero-order chi connectivity index (χ0) is 13.9. The SMILES string of the molecule is CN1CCN(CC(=O)N2CCCc3ccccc32)CC1. The van der Waals surface area contributed by atoms with Gasteiger partial charge in [0.1, 0.15) is 0 Å². The van der Waals surface area contributed by atoms with Crippen molar-refractivity contribution in [2.75, 3.05) is 51.2 Å². The second-order valence-electron chi connectivity index (χ2n) is 5.86. The van der Waals surface area contributed by atoms with Crippen LogP contribution in [-0.2, 0) is 11.2 Å². The number of carbonyl (C=O) groups is 1. The van der Waals surface area contributed by atoms with Gasteiger partial charge < -0.3 is 9.80 Å². The highest BCUT2D eigenvalue weighted by Crippen LogP contribution is 2.26. The molecule has 108 valence electrons. The molecule has 0 aliphatic carbocycles. The first-order valence-corrected chi connectivity index (χ1v) is 7.53. The van der Waals surface area contributed by atoms with Crippen molar-refractivity contribution in [2.24, 2.45) is 0 Å². The lowest BCUT2D eigenvalue weighted by molar-refractivity contribution is -0.120. The Morgan fingerprint density at radius 1 is 1.10 bits per heavy atom. The van der Waals surface area contributed by atoms with Crippen molar-refractivity contribution < 1.29 is 4.79 Å². The van der Waals surface area contributed by atoms with Crippen LogP contribution in [0.1, 0.15) is 12.0 Å². The Morgan fingerprint density at radius 3 is 2.65 bits per heavy atom. The van der Waals surface area contributed by atoms with E-state index in [9.17, 15) is 4.79 Å². The van der Waals surface area contributed by atoms with Gasteiger partial charge in [-0.1, -0.05) is 18.2 Å². The fraction of sp³-hybridized carbons (Fsp3) is 0.562. The molecular weight excluding hydrogens is 250 g/mol. The van der Waals surface area contributed by atoms with Crippen LogP contribution < -0.4 is 4.90 Å². The van der Waals surface area contributed by atoms with Crippen molar-refractivity contribution in [1.29, 1.82) is 0 Å². The fourth-order valence-electron chi connectivity index (χ4n) is 3.08. The van der Waals surface area contributed by atoms with Gasteiger partial charge in [0, 0.05) is 38.4 Å². The van der Waals surface area contributed by atoms with Gasteiger partial charge in [-0.15, -0.1) is 0 Å². The topological polar surface area (TPSA) is 26.8 Å². The van der Waals surface area contributed by atoms with E-state index in [0.717, 1.165) is 51.3 Å². The van der Waals surface area contributed by atoms with E-state index in [0.29, 0.717) is 6.54 Å². The van der Waals surface area contributed by atoms with E-state index in [-0.39, 0.29) is 5.91 Å². The fourth-order valence-corrected chi connectivity index (χ4v) is 3.08. The minimum Gasteiger partial charge on any atom is -0.311 e. The number of nitrogens with zero attached hydrogens (tertiary/aromatic N) is 3. The predicted octanol–water partition coefficient (Wildman–Crippen LogP) is 1.21. The average Bonchev–Trinajstić information content (AvgIpc) is 2.49. The molecule has 1 saturated heterocycles. The monoisotopic (exact) mass is 273 g/mol. The van der Waals surface area contributed by atoms with Gasteiger partial charge >= 0.3 is 0 Å². The highest BCUT2D eigenvalue weighted by atomic mass is 16.2. The smallest absolute Gasteiger partial charge is 0.241 e. The molecule has 1 fully saturated rings. The van der Waals surface area contributed by atoms with Crippen molar-refractivity contribution in [1.82, 2.24) is 9.80 Å². The molecule has 0 unspecified atom stereocenters. The second kappa shape index (κ2) is 5.94. The van der Waals surface area contributed by atoms with E-state index in [1.54, 1.807) is 0 Å². The van der Waals surface area contributed by atoms with E-state index >= 15 is 0 Å². The molecule has 1 amide bonds. The number of carbonyl (C=O) groups excluding carboxylic acids is 1. The average molecular weight is 273 g/mol. The molecule has 4 heteroatoms. The van der Waals surface area contributed by atoms with Gasteiger partial charge in [0.05, 0.1) is 6.54 Å². The molecule has 1 aromatic rings. The van der Waals surface area contributed by atoms with Gasteiger partial charge in [-0.3, -0.25) is 9.69 Å². The summed E-state index contributed by atoms with van der Waals surface area (Å²) in [5.74, 6) is 0.252. The van der Waals surface area contributed by atoms with Crippen molar-refractivity contribution in [3.05, 3.63) is 29.8 Å². The molecule has 0 saturated carbocycles. The molecule has 1 aromatic carbocycles. The van der Waals surface area contributed by atoms with Gasteiger partial charge in [-0.05, 0) is 31.5 Å². The van der Waals surface area contributed by atoms with Crippen LogP contribution in [0.3, 0.4) is 0 Å². The molecule has 3 rings (SSSR count). The van der Waals surface area contributed by atoms with E-state index in [1.807, 2.05) is 11.0 Å². The summed E-state index contributed by atoms with van der Waals surface area (Å²) in [5.41, 5.74) is 2.43. The molecule has 2 heterocycles. The summed E-state index contributed by atoms with van der Waals surface area (Å²) in [7, 11) is 2.14. The lowest BCUT2D eigenvalue weighted by Crippen LogP contribution is -2.49. The first-order valence-electron chi connectivity index (χ1n) is 7.53. The van der Waals surface area contributed by atoms with Crippen LogP contribution >= 0.6 is 0 Å². The number of para-hydroxylation sites is 1. The van der Waals surface area contributed by atoms with Crippen LogP contribution in [0.5, 0.6) is 0 Å². The second-order valence-corrected chi connectivity index (χ2v) is 5.86. The van der Waals surface area contributed by atoms with Gasteiger partial charge in [-0.2, -0.15) is 0 Å². The third-order valence-corrected chi connectivity index (χ3v) is 4.37. The van der Waals surface area contributed by atoms with Crippen LogP contribution in [0.2, 0.25) is 0 Å². The maximum absolute atomic E-state index is 12.6. The molecule has 0 atom stereocenters. The quantitative estimate of drug-likeness (QED) is 0.810. The summed E-state index contributed by atoms with van der Waals surface area (Å²) in [5, 5.41) is 0. The maximum atomic E-state index is 12.6. The minimum absolute atomic E-state index is 0.252. The number of anilines is 1. The number of rotatable bonds is 2. The largest absolute Gasteiger partial charge is 0.311 e. The molecule has 0 spiro atoms. The Labute approximate surface area is 121 Å². The molecule has 4 nitrogen and oxygen atoms in total. The molecule has 0 N–H and O–H groups in total. The predicted molar refractivity (Wildman–Crippen MR) is 81.1 cm³/mol. The number of likely N-dealkylation sites (N-methyl/N-ethyl adjacent to an activating group) is 1. The van der Waals surface area contributed by atoms with Crippen molar-refractivity contribution in [2.45, 2.75) is 12.8 Å². The zero-order valence-electron chi connectivity index (χ0n) is 12.2. The summed E-state index contributed by atoms with van der Waals surface area (Å²) in [4.78, 5) is 19.2. The third kappa shape index (κ3) is 2.86. The summed E-state index contributed by atoms with van der Waals surface area (Å²) in [6.07, 6.45) is 2.17. The zero-order valence-corrected chi connectivity index (χ0v) is 12.2. The number of piperazine rings is 1. The van der Waals surface area contributed by atoms with Crippen molar-refractivity contribution >= 4 is 11.6 Å². The van der Waals surface area contributed by atoms with Crippen LogP contribution in [0, 0.1) is 0 Å². The summed E-state index contributed by atoms with van der Waals surface area (Å²) in [6, 6.07) is 8.31. The molecule has 20 heavy (non-hydrogen) atoms. The molecule has 0 bridgehead atoms. The minimum atomic E-state index is 0.252. The summed E-state index contributed by atoms with van der Waals surface area (Å²) >= 11 is 0. The highest BCUT2D eigenvalue weighted by molar-refractivity contribution is 5.95. The van der Waals surface area contributed by atoms with E-state index in [4.69, 9.17) is 0 Å². The molecule has 2 aliphatic heterocycles. The Balaban J connectivity index is 1.66. The number of hydrogen-bond donors (Lipinski definition) is 0. The summed E-state index contributed by atoms with van der Waals surface area (Å²) in [6.45, 7) is 5.54. The van der Waals surface area contributed by atoms with Gasteiger partial charge in [0.2, 0.25) is 5.91 Å². The Hall–Kier alpha value is -1.39. The molecule has 0 radical (unpaired) electrons. The van der Waals surface area contributed by atoms with Crippen LogP contribution in [0.4, 0.5) is 5.69 Å². The Bertz CT molecular complexity index is 480. The van der Waals surface area contributed by atoms with Crippen LogP contribution in [0.25, 0.3) is 0 Å². The molecule has 0 aromatic heterocycles. The van der Waals surface area contributed by atoms with E-state index in [1.165, 1.54) is 5.56 Å². The normalized spacial score (nSPS) is 20.8. The third-order valence-electron chi connectivity index (χ3n) is 4.37. The maximum Gasteiger partial charge on any atom is 0.241 e. The number of hydrogen-bond acceptors (Lipinski definition) is 3. The van der Waals surface area contributed by atoms with Crippen molar-refractivity contribution in [3.63, 3.8) is 0 Å². The van der Waals surface area contributed by atoms with Gasteiger partial charge in [0.15, 0.2) is 0 Å². The van der Waals surface area contributed by atoms with Crippen LogP contribution in [0.15, 0.2) is 24.3 Å². The van der Waals surface area contributed by atoms with E-state index < -0.39 is 0 Å². The first-order chi connectivity index (χ1) is 9.74. The number of amides is 1. The first kappa shape index (κ1) is 13.6. The number of fused-ring (bicyclic) bond motifs is 1. The highest BCUT2D eigenvalue weighted by Gasteiger charge is 2.24. The molecule has 2 aliphatic rings. The lowest BCUT2D eigenvalue weighted by Gasteiger charge is -2.35. The molecular formula is C16H23N3O. The van der Waals surface area contributed by atoms with Crippen molar-refractivity contribution in [3.8, 4) is 0 Å². The number of benzene rings is 1. The summed E-state index contributed by atoms with van der Waals surface area (Å²) < 4.78 is 0.